The van der Waals surface area contributed by atoms with Crippen LogP contribution in [0.3, 0.4) is 0 Å². The Morgan fingerprint density at radius 2 is 2.22 bits per heavy atom. The Hall–Kier alpha value is -1.89. The van der Waals surface area contributed by atoms with Gasteiger partial charge in [-0.25, -0.2) is 4.39 Å². The van der Waals surface area contributed by atoms with Crippen LogP contribution in [0.4, 0.5) is 4.39 Å². The molecule has 5 nitrogen and oxygen atoms in total. The maximum absolute atomic E-state index is 13.7. The second-order valence-electron chi connectivity index (χ2n) is 5.21. The molecule has 0 saturated carbocycles. The largest absolute Gasteiger partial charge is 0.356 e. The van der Waals surface area contributed by atoms with Gasteiger partial charge in [0.05, 0.1) is 6.20 Å². The van der Waals surface area contributed by atoms with Crippen molar-refractivity contribution in [1.29, 1.82) is 0 Å². The smallest absolute Gasteiger partial charge is 0.191 e. The highest BCUT2D eigenvalue weighted by Gasteiger charge is 2.03. The van der Waals surface area contributed by atoms with Gasteiger partial charge in [-0.05, 0) is 30.5 Å². The van der Waals surface area contributed by atoms with Crippen LogP contribution in [0.1, 0.15) is 17.5 Å². The topological polar surface area (TPSA) is 54.2 Å². The lowest BCUT2D eigenvalue weighted by Gasteiger charge is -2.11. The second-order valence-corrected chi connectivity index (χ2v) is 6.13. The number of halogens is 2. The third kappa shape index (κ3) is 5.67. The number of nitrogens with one attached hydrogen (secondary N) is 2. The molecule has 0 fully saturated rings. The van der Waals surface area contributed by atoms with E-state index in [0.29, 0.717) is 13.0 Å². The number of guanidine groups is 1. The van der Waals surface area contributed by atoms with Gasteiger partial charge < -0.3 is 10.6 Å². The van der Waals surface area contributed by atoms with Crippen molar-refractivity contribution in [1.82, 2.24) is 20.4 Å². The van der Waals surface area contributed by atoms with Crippen molar-refractivity contribution in [3.63, 3.8) is 0 Å². The molecule has 0 radical (unpaired) electrons. The molecule has 0 amide bonds. The van der Waals surface area contributed by atoms with Crippen molar-refractivity contribution in [3.8, 4) is 0 Å². The van der Waals surface area contributed by atoms with Crippen molar-refractivity contribution >= 4 is 21.9 Å². The fourth-order valence-electron chi connectivity index (χ4n) is 2.18. The summed E-state index contributed by atoms with van der Waals surface area (Å²) in [5.41, 5.74) is 1.82. The minimum atomic E-state index is -0.168. The molecular formula is C16H21BrFN5. The first-order valence-electron chi connectivity index (χ1n) is 7.44. The van der Waals surface area contributed by atoms with Crippen LogP contribution in [0.15, 0.2) is 40.1 Å². The lowest BCUT2D eigenvalue weighted by atomic mass is 10.1. The number of aliphatic imine (C=N–C) groups is 1. The van der Waals surface area contributed by atoms with Crippen LogP contribution in [0.2, 0.25) is 0 Å². The van der Waals surface area contributed by atoms with Gasteiger partial charge in [0.15, 0.2) is 5.96 Å². The fourth-order valence-corrected chi connectivity index (χ4v) is 2.51. The fraction of sp³-hybridized carbons (Fsp3) is 0.375. The SMILES string of the molecule is CN=C(NCCCc1ccc(Br)cc1F)NCc1cnn(C)c1. The molecule has 1 aromatic carbocycles. The van der Waals surface area contributed by atoms with E-state index in [4.69, 9.17) is 0 Å². The van der Waals surface area contributed by atoms with Crippen LogP contribution in [0.25, 0.3) is 0 Å². The second kappa shape index (κ2) is 8.67. The summed E-state index contributed by atoms with van der Waals surface area (Å²) in [5, 5.41) is 10.6. The maximum Gasteiger partial charge on any atom is 0.191 e. The van der Waals surface area contributed by atoms with E-state index < -0.39 is 0 Å². The third-order valence-electron chi connectivity index (χ3n) is 3.37. The summed E-state index contributed by atoms with van der Waals surface area (Å²) in [6.07, 6.45) is 5.28. The lowest BCUT2D eigenvalue weighted by Crippen LogP contribution is -2.37. The monoisotopic (exact) mass is 381 g/mol. The molecule has 124 valence electrons. The Morgan fingerprint density at radius 3 is 2.87 bits per heavy atom. The Kier molecular flexibility index (Phi) is 6.58. The predicted molar refractivity (Wildman–Crippen MR) is 93.8 cm³/mol. The van der Waals surface area contributed by atoms with E-state index in [0.717, 1.165) is 34.5 Å². The van der Waals surface area contributed by atoms with Crippen LogP contribution in [0, 0.1) is 5.82 Å². The van der Waals surface area contributed by atoms with Gasteiger partial charge in [0, 0.05) is 43.4 Å². The van der Waals surface area contributed by atoms with Crippen LogP contribution in [-0.4, -0.2) is 29.3 Å². The van der Waals surface area contributed by atoms with E-state index in [1.54, 1.807) is 11.7 Å². The van der Waals surface area contributed by atoms with Gasteiger partial charge >= 0.3 is 0 Å². The van der Waals surface area contributed by atoms with Crippen molar-refractivity contribution in [3.05, 3.63) is 52.0 Å². The van der Waals surface area contributed by atoms with Crippen LogP contribution in [0.5, 0.6) is 0 Å². The molecule has 0 aliphatic rings. The molecule has 23 heavy (non-hydrogen) atoms. The quantitative estimate of drug-likeness (QED) is 0.459. The summed E-state index contributed by atoms with van der Waals surface area (Å²) in [6.45, 7) is 1.39. The van der Waals surface area contributed by atoms with Gasteiger partial charge in [0.25, 0.3) is 0 Å². The zero-order chi connectivity index (χ0) is 16.7. The normalized spacial score (nSPS) is 11.6. The van der Waals surface area contributed by atoms with Crippen LogP contribution in [-0.2, 0) is 20.0 Å². The van der Waals surface area contributed by atoms with Crippen molar-refractivity contribution < 1.29 is 4.39 Å². The van der Waals surface area contributed by atoms with Gasteiger partial charge in [-0.2, -0.15) is 5.10 Å². The number of hydrogen-bond donors (Lipinski definition) is 2. The average Bonchev–Trinajstić information content (AvgIpc) is 2.94. The van der Waals surface area contributed by atoms with Gasteiger partial charge in [-0.15, -0.1) is 0 Å². The molecule has 0 bridgehead atoms. The number of aryl methyl sites for hydroxylation is 2. The summed E-state index contributed by atoms with van der Waals surface area (Å²) >= 11 is 3.26. The van der Waals surface area contributed by atoms with E-state index in [9.17, 15) is 4.39 Å². The zero-order valence-corrected chi connectivity index (χ0v) is 14.9. The van der Waals surface area contributed by atoms with Gasteiger partial charge in [0.1, 0.15) is 5.82 Å². The number of benzene rings is 1. The lowest BCUT2D eigenvalue weighted by molar-refractivity contribution is 0.602. The minimum Gasteiger partial charge on any atom is -0.356 e. The van der Waals surface area contributed by atoms with Gasteiger partial charge in [-0.1, -0.05) is 22.0 Å². The molecule has 0 atom stereocenters. The summed E-state index contributed by atoms with van der Waals surface area (Å²) in [7, 11) is 3.62. The van der Waals surface area contributed by atoms with Crippen molar-refractivity contribution in [2.24, 2.45) is 12.0 Å². The highest BCUT2D eigenvalue weighted by Crippen LogP contribution is 2.16. The molecule has 0 aliphatic heterocycles. The van der Waals surface area contributed by atoms with Crippen LogP contribution >= 0.6 is 15.9 Å². The number of nitrogens with zero attached hydrogens (tertiary/aromatic N) is 3. The molecule has 0 spiro atoms. The molecule has 2 rings (SSSR count). The molecule has 7 heteroatoms. The minimum absolute atomic E-state index is 0.168. The maximum atomic E-state index is 13.7. The van der Waals surface area contributed by atoms with Gasteiger partial charge in [0.2, 0.25) is 0 Å². The first kappa shape index (κ1) is 17.5. The Labute approximate surface area is 144 Å². The van der Waals surface area contributed by atoms with E-state index >= 15 is 0 Å². The Bertz CT molecular complexity index is 668. The summed E-state index contributed by atoms with van der Waals surface area (Å²) in [4.78, 5) is 4.17. The summed E-state index contributed by atoms with van der Waals surface area (Å²) in [5.74, 6) is 0.559. The Morgan fingerprint density at radius 1 is 1.39 bits per heavy atom. The molecule has 2 aromatic rings. The first-order valence-corrected chi connectivity index (χ1v) is 8.23. The molecule has 2 N–H and O–H groups in total. The number of rotatable bonds is 6. The molecule has 1 aromatic heterocycles. The van der Waals surface area contributed by atoms with Gasteiger partial charge in [-0.3, -0.25) is 9.67 Å². The molecule has 0 unspecified atom stereocenters. The zero-order valence-electron chi connectivity index (χ0n) is 13.3. The van der Waals surface area contributed by atoms with E-state index in [-0.39, 0.29) is 5.82 Å². The van der Waals surface area contributed by atoms with E-state index in [1.807, 2.05) is 31.6 Å². The predicted octanol–water partition coefficient (Wildman–Crippen LogP) is 2.62. The van der Waals surface area contributed by atoms with E-state index in [2.05, 4.69) is 36.7 Å². The highest BCUT2D eigenvalue weighted by molar-refractivity contribution is 9.10. The third-order valence-corrected chi connectivity index (χ3v) is 3.87. The molecule has 0 aliphatic carbocycles. The average molecular weight is 382 g/mol. The standard InChI is InChI=1S/C16H21BrFN5/c1-19-16(21-9-12-10-22-23(2)11-12)20-7-3-4-13-5-6-14(17)8-15(13)18/h5-6,8,10-11H,3-4,7,9H2,1-2H3,(H2,19,20,21). The van der Waals surface area contributed by atoms with Crippen LogP contribution < -0.4 is 10.6 Å². The Balaban J connectivity index is 1.71. The summed E-state index contributed by atoms with van der Waals surface area (Å²) < 4.78 is 16.2. The van der Waals surface area contributed by atoms with E-state index in [1.165, 1.54) is 6.07 Å². The van der Waals surface area contributed by atoms with Crippen molar-refractivity contribution in [2.45, 2.75) is 19.4 Å². The number of hydrogen-bond acceptors (Lipinski definition) is 2. The summed E-state index contributed by atoms with van der Waals surface area (Å²) in [6, 6.07) is 5.17. The van der Waals surface area contributed by atoms with Crippen molar-refractivity contribution in [2.75, 3.05) is 13.6 Å². The highest BCUT2D eigenvalue weighted by atomic mass is 79.9. The molecule has 0 saturated heterocycles. The number of aromatic nitrogens is 2. The molecular weight excluding hydrogens is 361 g/mol. The molecule has 1 heterocycles. The first-order chi connectivity index (χ1) is 11.1.